The molecule has 4 unspecified atom stereocenters. The SMILES string of the molecule is O=C(O)c1ccnc(-c2cc(C(=O)O)ccn2)c1.[N-]=C=S.[N-]=C=S.[Ru+2].c1cc2cc(n1)-c1cc(ccn1)OC1CCCC(C1)C1CCCC(C1)O2. The van der Waals surface area contributed by atoms with Gasteiger partial charge in [-0.15, -0.1) is 0 Å². The Labute approximate surface area is 318 Å². The number of carbonyl (C=O) groups is 2. The van der Waals surface area contributed by atoms with Crippen molar-refractivity contribution in [1.82, 2.24) is 19.9 Å². The second-order valence-corrected chi connectivity index (χ2v) is 12.1. The van der Waals surface area contributed by atoms with Crippen molar-refractivity contribution in [2.24, 2.45) is 11.8 Å². The molecule has 0 amide bonds. The molecule has 12 nitrogen and oxygen atoms in total. The van der Waals surface area contributed by atoms with Crippen molar-refractivity contribution in [3.63, 3.8) is 0 Å². The molecule has 2 saturated carbocycles. The number of carboxylic acid groups (broad SMARTS) is 2. The molecule has 15 heteroatoms. The molecule has 0 saturated heterocycles. The van der Waals surface area contributed by atoms with Crippen LogP contribution in [0.3, 0.4) is 0 Å². The van der Waals surface area contributed by atoms with Crippen LogP contribution in [-0.2, 0) is 19.5 Å². The third kappa shape index (κ3) is 12.3. The summed E-state index contributed by atoms with van der Waals surface area (Å²) < 4.78 is 12.8. The van der Waals surface area contributed by atoms with Gasteiger partial charge in [0.15, 0.2) is 0 Å². The number of thiocarbonyl (C=S) groups is 2. The van der Waals surface area contributed by atoms with E-state index in [1.165, 1.54) is 85.5 Å². The monoisotopic (exact) mass is 812 g/mol. The quantitative estimate of drug-likeness (QED) is 0.116. The normalized spacial score (nSPS) is 19.4. The predicted molar refractivity (Wildman–Crippen MR) is 194 cm³/mol. The molecule has 4 aromatic rings. The van der Waals surface area contributed by atoms with Crippen molar-refractivity contribution >= 4 is 46.7 Å². The van der Waals surface area contributed by atoms with Crippen molar-refractivity contribution in [1.29, 1.82) is 0 Å². The molecule has 4 aromatic heterocycles. The number of aromatic nitrogens is 4. The van der Waals surface area contributed by atoms with Gasteiger partial charge in [0.2, 0.25) is 0 Å². The summed E-state index contributed by atoms with van der Waals surface area (Å²) in [4.78, 5) is 38.6. The molecular weight excluding hydrogens is 778 g/mol. The minimum absolute atomic E-state index is 0. The smallest absolute Gasteiger partial charge is 0.753 e. The number of carboxylic acids is 2. The Hall–Kier alpha value is -4.64. The van der Waals surface area contributed by atoms with Gasteiger partial charge in [-0.2, -0.15) is 10.3 Å². The Morgan fingerprint density at radius 2 is 0.961 bits per heavy atom. The first-order valence-corrected chi connectivity index (χ1v) is 16.7. The summed E-state index contributed by atoms with van der Waals surface area (Å²) in [7, 11) is 0. The minimum Gasteiger partial charge on any atom is -0.753 e. The molecule has 0 aromatic carbocycles. The molecule has 0 radical (unpaired) electrons. The zero-order valence-corrected chi connectivity index (χ0v) is 30.6. The first kappa shape index (κ1) is 40.8. The summed E-state index contributed by atoms with van der Waals surface area (Å²) >= 11 is 7.40. The van der Waals surface area contributed by atoms with E-state index in [1.807, 2.05) is 36.7 Å². The van der Waals surface area contributed by atoms with E-state index in [0.29, 0.717) is 23.6 Å². The Morgan fingerprint density at radius 1 is 0.627 bits per heavy atom. The third-order valence-electron chi connectivity index (χ3n) is 8.61. The van der Waals surface area contributed by atoms with Gasteiger partial charge in [0.1, 0.15) is 11.5 Å². The van der Waals surface area contributed by atoms with E-state index in [9.17, 15) is 9.59 Å². The first-order valence-electron chi connectivity index (χ1n) is 15.9. The molecule has 2 aliphatic carbocycles. The second kappa shape index (κ2) is 20.9. The molecule has 4 atom stereocenters. The molecule has 2 N–H and O–H groups in total. The van der Waals surface area contributed by atoms with Gasteiger partial charge in [0, 0.05) is 36.9 Å². The van der Waals surface area contributed by atoms with Crippen molar-refractivity contribution in [2.75, 3.05) is 0 Å². The fourth-order valence-electron chi connectivity index (χ4n) is 6.47. The van der Waals surface area contributed by atoms with E-state index in [4.69, 9.17) is 30.5 Å². The standard InChI is InChI=1S/C22H26N2O2.C12H8N2O4.2CNS.Ru/c1-3-15-11-17(5-1)25-19-7-9-23-21(13-19)22-14-20(8-10-24-22)26-18-6-2-4-16(15)12-18;15-11(16)7-1-3-13-9(5-7)10-6-8(12(17)18)2-4-14-10;2*2-1-3;/h7-10,13-18H,1-6,11-12H2;1-6H,(H,15,16)(H,17,18);;;/q;;2*-1;+2. The van der Waals surface area contributed by atoms with Crippen LogP contribution in [-0.4, -0.2) is 64.6 Å². The van der Waals surface area contributed by atoms with Crippen LogP contribution >= 0.6 is 24.4 Å². The van der Waals surface area contributed by atoms with E-state index in [2.05, 4.69) is 44.4 Å². The molecule has 0 spiro atoms. The van der Waals surface area contributed by atoms with E-state index in [-0.39, 0.29) is 30.6 Å². The van der Waals surface area contributed by atoms with Crippen molar-refractivity contribution < 1.29 is 48.8 Å². The Kier molecular flexibility index (Phi) is 16.7. The Bertz CT molecular complexity index is 1720. The maximum atomic E-state index is 10.8. The number of hydrogen-bond donors (Lipinski definition) is 2. The van der Waals surface area contributed by atoms with Gasteiger partial charge >= 0.3 is 31.4 Å². The minimum atomic E-state index is -1.08. The fraction of sp³-hybridized carbons (Fsp3) is 0.333. The number of aromatic carboxylic acids is 2. The first-order chi connectivity index (χ1) is 24.2. The second-order valence-electron chi connectivity index (χ2n) is 11.7. The summed E-state index contributed by atoms with van der Waals surface area (Å²) in [5.41, 5.74) is 2.47. The van der Waals surface area contributed by atoms with Gasteiger partial charge in [0.25, 0.3) is 0 Å². The van der Waals surface area contributed by atoms with Crippen LogP contribution in [0.4, 0.5) is 0 Å². The van der Waals surface area contributed by atoms with Gasteiger partial charge in [-0.3, -0.25) is 19.9 Å². The number of pyridine rings is 4. The molecule has 2 fully saturated rings. The maximum Gasteiger partial charge on any atom is 2.00 e. The summed E-state index contributed by atoms with van der Waals surface area (Å²) in [6.07, 6.45) is 16.9. The third-order valence-corrected chi connectivity index (χ3v) is 8.61. The molecule has 264 valence electrons. The number of nitrogens with zero attached hydrogens (tertiary/aromatic N) is 6. The van der Waals surface area contributed by atoms with Crippen LogP contribution in [0.2, 0.25) is 0 Å². The van der Waals surface area contributed by atoms with Crippen LogP contribution in [0.25, 0.3) is 33.6 Å². The maximum absolute atomic E-state index is 10.8. The van der Waals surface area contributed by atoms with Crippen LogP contribution in [0.5, 0.6) is 11.5 Å². The van der Waals surface area contributed by atoms with Gasteiger partial charge in [-0.25, -0.2) is 9.59 Å². The molecule has 5 heterocycles. The van der Waals surface area contributed by atoms with E-state index in [0.717, 1.165) is 47.6 Å². The number of isothiocyanates is 2. The van der Waals surface area contributed by atoms with E-state index < -0.39 is 11.9 Å². The summed E-state index contributed by atoms with van der Waals surface area (Å²) in [6, 6.07) is 13.4. The molecule has 3 aliphatic rings. The zero-order valence-electron chi connectivity index (χ0n) is 27.3. The van der Waals surface area contributed by atoms with Gasteiger partial charge < -0.3 is 30.5 Å². The number of fused-ring (bicyclic) bond motifs is 10. The number of rotatable bonds is 3. The molecule has 7 rings (SSSR count). The summed E-state index contributed by atoms with van der Waals surface area (Å²) in [5, 5.41) is 34.6. The summed E-state index contributed by atoms with van der Waals surface area (Å²) in [5.74, 6) is 1.22. The van der Waals surface area contributed by atoms with Crippen LogP contribution in [0, 0.1) is 11.8 Å². The average molecular weight is 812 g/mol. The average Bonchev–Trinajstić information content (AvgIpc) is 3.13. The number of ether oxygens (including phenoxy) is 2. The number of hydrogen-bond acceptors (Lipinski definition) is 10. The molecule has 1 aliphatic heterocycles. The Morgan fingerprint density at radius 3 is 1.31 bits per heavy atom. The Balaban J connectivity index is 0.000000246. The van der Waals surface area contributed by atoms with Gasteiger partial charge in [-0.1, -0.05) is 24.4 Å². The molecular formula is C36H34N6O6RuS2. The summed E-state index contributed by atoms with van der Waals surface area (Å²) in [6.45, 7) is 0. The zero-order chi connectivity index (χ0) is 35.9. The predicted octanol–water partition coefficient (Wildman–Crippen LogP) is 7.89. The van der Waals surface area contributed by atoms with Crippen molar-refractivity contribution in [3.05, 3.63) is 95.3 Å². The van der Waals surface area contributed by atoms with Gasteiger partial charge in [-0.05, 0) is 99.6 Å². The van der Waals surface area contributed by atoms with E-state index >= 15 is 0 Å². The van der Waals surface area contributed by atoms with Crippen LogP contribution in [0.15, 0.2) is 73.3 Å². The molecule has 51 heavy (non-hydrogen) atoms. The van der Waals surface area contributed by atoms with Crippen molar-refractivity contribution in [2.45, 2.75) is 63.6 Å². The fourth-order valence-corrected chi connectivity index (χ4v) is 6.47. The van der Waals surface area contributed by atoms with E-state index in [1.54, 1.807) is 0 Å². The van der Waals surface area contributed by atoms with Crippen molar-refractivity contribution in [3.8, 4) is 34.3 Å². The van der Waals surface area contributed by atoms with Gasteiger partial charge in [0.05, 0.1) is 46.1 Å². The molecule has 8 bridgehead atoms. The topological polar surface area (TPSA) is 189 Å². The van der Waals surface area contributed by atoms with Crippen LogP contribution < -0.4 is 9.47 Å². The van der Waals surface area contributed by atoms with Crippen LogP contribution in [0.1, 0.15) is 72.1 Å². The largest absolute Gasteiger partial charge is 2.00 e.